The second kappa shape index (κ2) is 11.7. The van der Waals surface area contributed by atoms with Crippen molar-refractivity contribution in [1.82, 2.24) is 0 Å². The number of rotatable bonds is 11. The first kappa shape index (κ1) is 23.1. The second-order valence-corrected chi connectivity index (χ2v) is 6.93. The Bertz CT molecular complexity index is 729. The maximum absolute atomic E-state index is 12.2. The summed E-state index contributed by atoms with van der Waals surface area (Å²) in [7, 11) is 0. The van der Waals surface area contributed by atoms with Gasteiger partial charge in [0, 0.05) is 0 Å². The molecule has 0 amide bonds. The van der Waals surface area contributed by atoms with Gasteiger partial charge in [-0.15, -0.1) is 0 Å². The highest BCUT2D eigenvalue weighted by Crippen LogP contribution is 2.25. The van der Waals surface area contributed by atoms with Crippen molar-refractivity contribution >= 4 is 17.9 Å². The van der Waals surface area contributed by atoms with E-state index in [2.05, 4.69) is 6.08 Å². The summed E-state index contributed by atoms with van der Waals surface area (Å²) in [4.78, 5) is 35.3. The molecule has 0 saturated heterocycles. The Hall–Kier alpha value is -2.89. The molecule has 0 aliphatic rings. The van der Waals surface area contributed by atoms with Gasteiger partial charge in [-0.05, 0) is 51.7 Å². The maximum Gasteiger partial charge on any atom is 0.320 e. The van der Waals surface area contributed by atoms with Gasteiger partial charge in [0.2, 0.25) is 0 Å². The van der Waals surface area contributed by atoms with Crippen molar-refractivity contribution in [2.75, 3.05) is 6.61 Å². The average molecular weight is 388 g/mol. The summed E-state index contributed by atoms with van der Waals surface area (Å²) >= 11 is 0. The Balaban J connectivity index is 2.72. The second-order valence-electron chi connectivity index (χ2n) is 6.93. The number of allylic oxidation sites excluding steroid dienone is 3. The molecule has 1 aromatic rings. The lowest BCUT2D eigenvalue weighted by Gasteiger charge is -2.17. The maximum atomic E-state index is 12.2. The van der Waals surface area contributed by atoms with E-state index in [0.717, 1.165) is 18.4 Å². The molecule has 2 unspecified atom stereocenters. The molecule has 6 heteroatoms. The molecule has 0 aromatic heterocycles. The van der Waals surface area contributed by atoms with E-state index in [-0.39, 0.29) is 13.0 Å². The van der Waals surface area contributed by atoms with Crippen molar-refractivity contribution in [2.24, 2.45) is 5.92 Å². The van der Waals surface area contributed by atoms with Crippen LogP contribution in [0.25, 0.3) is 0 Å². The minimum atomic E-state index is -1.54. The number of carboxylic acids is 2. The minimum absolute atomic E-state index is 0.0354. The van der Waals surface area contributed by atoms with E-state index in [9.17, 15) is 24.6 Å². The van der Waals surface area contributed by atoms with Crippen LogP contribution in [0.4, 0.5) is 0 Å². The predicted molar refractivity (Wildman–Crippen MR) is 106 cm³/mol. The third-order valence-electron chi connectivity index (χ3n) is 4.30. The van der Waals surface area contributed by atoms with Gasteiger partial charge in [-0.3, -0.25) is 14.4 Å². The zero-order chi connectivity index (χ0) is 21.1. The highest BCUT2D eigenvalue weighted by Gasteiger charge is 2.34. The van der Waals surface area contributed by atoms with Gasteiger partial charge in [0.15, 0.2) is 5.92 Å². The monoisotopic (exact) mass is 388 g/mol. The number of aliphatic carboxylic acids is 2. The largest absolute Gasteiger partial charge is 0.481 e. The predicted octanol–water partition coefficient (Wildman–Crippen LogP) is 4.18. The van der Waals surface area contributed by atoms with Crippen molar-refractivity contribution < 1.29 is 29.3 Å². The Morgan fingerprint density at radius 1 is 1.00 bits per heavy atom. The van der Waals surface area contributed by atoms with Crippen LogP contribution in [-0.2, 0) is 19.1 Å². The number of ether oxygens (including phenoxy) is 1. The lowest BCUT2D eigenvalue weighted by molar-refractivity contribution is -0.158. The Morgan fingerprint density at radius 3 is 2.18 bits per heavy atom. The number of hydrogen-bond acceptors (Lipinski definition) is 4. The molecule has 2 N–H and O–H groups in total. The first-order chi connectivity index (χ1) is 13.2. The van der Waals surface area contributed by atoms with E-state index in [1.54, 1.807) is 36.4 Å². The van der Waals surface area contributed by atoms with E-state index in [1.165, 1.54) is 5.57 Å². The van der Waals surface area contributed by atoms with Gasteiger partial charge in [-0.1, -0.05) is 47.6 Å². The summed E-state index contributed by atoms with van der Waals surface area (Å²) in [6.07, 6.45) is 5.19. The molecule has 28 heavy (non-hydrogen) atoms. The van der Waals surface area contributed by atoms with Gasteiger partial charge >= 0.3 is 17.9 Å². The lowest BCUT2D eigenvalue weighted by atomic mass is 9.89. The number of carbonyl (C=O) groups excluding carboxylic acids is 1. The summed E-state index contributed by atoms with van der Waals surface area (Å²) in [5.41, 5.74) is 2.71. The summed E-state index contributed by atoms with van der Waals surface area (Å²) in [5, 5.41) is 18.8. The number of carboxylic acid groups (broad SMARTS) is 2. The third-order valence-corrected chi connectivity index (χ3v) is 4.30. The molecule has 152 valence electrons. The Morgan fingerprint density at radius 2 is 1.64 bits per heavy atom. The molecule has 0 saturated carbocycles. The lowest BCUT2D eigenvalue weighted by Crippen LogP contribution is -2.29. The average Bonchev–Trinajstić information content (AvgIpc) is 2.62. The fourth-order valence-corrected chi connectivity index (χ4v) is 2.66. The van der Waals surface area contributed by atoms with Crippen LogP contribution in [0.5, 0.6) is 0 Å². The smallest absolute Gasteiger partial charge is 0.320 e. The number of benzene rings is 1. The number of hydrogen-bond donors (Lipinski definition) is 2. The van der Waals surface area contributed by atoms with Gasteiger partial charge in [-0.25, -0.2) is 0 Å². The van der Waals surface area contributed by atoms with E-state index < -0.39 is 29.7 Å². The molecule has 0 heterocycles. The van der Waals surface area contributed by atoms with E-state index in [0.29, 0.717) is 5.56 Å². The molecule has 0 aliphatic heterocycles. The Labute approximate surface area is 165 Å². The molecule has 0 radical (unpaired) electrons. The molecule has 1 aromatic carbocycles. The van der Waals surface area contributed by atoms with E-state index in [4.69, 9.17) is 4.74 Å². The van der Waals surface area contributed by atoms with Crippen LogP contribution < -0.4 is 0 Å². The van der Waals surface area contributed by atoms with Crippen molar-refractivity contribution in [2.45, 2.75) is 46.0 Å². The van der Waals surface area contributed by atoms with Gasteiger partial charge in [0.1, 0.15) is 6.61 Å². The SMILES string of the molecule is CC(C)=CCC/C(C)=C/COC(=O)C(CC(C(=O)O)c1ccccc1)C(=O)O. The van der Waals surface area contributed by atoms with Crippen LogP contribution >= 0.6 is 0 Å². The van der Waals surface area contributed by atoms with Crippen molar-refractivity contribution in [3.05, 3.63) is 59.2 Å². The molecule has 0 spiro atoms. The molecule has 0 bridgehead atoms. The van der Waals surface area contributed by atoms with Gasteiger partial charge in [0.25, 0.3) is 0 Å². The zero-order valence-corrected chi connectivity index (χ0v) is 16.6. The quantitative estimate of drug-likeness (QED) is 0.335. The van der Waals surface area contributed by atoms with Crippen molar-refractivity contribution in [3.8, 4) is 0 Å². The standard InChI is InChI=1S/C22H28O6/c1-15(2)8-7-9-16(3)12-13-28-22(27)19(21(25)26)14-18(20(23)24)17-10-5-4-6-11-17/h4-6,8,10-12,18-19H,7,9,13-14H2,1-3H3,(H,23,24)(H,25,26)/b16-12+. The van der Waals surface area contributed by atoms with Crippen molar-refractivity contribution in [3.63, 3.8) is 0 Å². The van der Waals surface area contributed by atoms with Crippen LogP contribution in [0.15, 0.2) is 53.6 Å². The molecular weight excluding hydrogens is 360 g/mol. The summed E-state index contributed by atoms with van der Waals surface area (Å²) < 4.78 is 5.08. The molecule has 0 fully saturated rings. The van der Waals surface area contributed by atoms with Gasteiger partial charge in [-0.2, -0.15) is 0 Å². The summed E-state index contributed by atoms with van der Waals surface area (Å²) in [6.45, 7) is 5.92. The molecule has 1 rings (SSSR count). The van der Waals surface area contributed by atoms with Crippen LogP contribution in [0.1, 0.15) is 51.5 Å². The number of carbonyl (C=O) groups is 3. The Kier molecular flexibility index (Phi) is 9.71. The summed E-state index contributed by atoms with van der Waals surface area (Å²) in [5.74, 6) is -6.14. The highest BCUT2D eigenvalue weighted by molar-refractivity contribution is 5.94. The summed E-state index contributed by atoms with van der Waals surface area (Å²) in [6, 6.07) is 8.27. The normalized spacial score (nSPS) is 13.3. The fourth-order valence-electron chi connectivity index (χ4n) is 2.66. The molecule has 6 nitrogen and oxygen atoms in total. The van der Waals surface area contributed by atoms with Crippen LogP contribution in [-0.4, -0.2) is 34.7 Å². The first-order valence-electron chi connectivity index (χ1n) is 9.18. The first-order valence-corrected chi connectivity index (χ1v) is 9.18. The van der Waals surface area contributed by atoms with Crippen LogP contribution in [0.2, 0.25) is 0 Å². The minimum Gasteiger partial charge on any atom is -0.481 e. The van der Waals surface area contributed by atoms with Crippen molar-refractivity contribution in [1.29, 1.82) is 0 Å². The topological polar surface area (TPSA) is 101 Å². The molecule has 2 atom stereocenters. The fraction of sp³-hybridized carbons (Fsp3) is 0.409. The molecular formula is C22H28O6. The number of esters is 1. The zero-order valence-electron chi connectivity index (χ0n) is 16.6. The van der Waals surface area contributed by atoms with E-state index >= 15 is 0 Å². The van der Waals surface area contributed by atoms with Gasteiger partial charge in [0.05, 0.1) is 5.92 Å². The highest BCUT2D eigenvalue weighted by atomic mass is 16.5. The van der Waals surface area contributed by atoms with E-state index in [1.807, 2.05) is 20.8 Å². The van der Waals surface area contributed by atoms with Crippen LogP contribution in [0, 0.1) is 5.92 Å². The molecule has 0 aliphatic carbocycles. The van der Waals surface area contributed by atoms with Gasteiger partial charge < -0.3 is 14.9 Å². The van der Waals surface area contributed by atoms with Crippen LogP contribution in [0.3, 0.4) is 0 Å². The third kappa shape index (κ3) is 8.20.